The van der Waals surface area contributed by atoms with Gasteiger partial charge in [-0.3, -0.25) is 0 Å². The van der Waals surface area contributed by atoms with E-state index in [2.05, 4.69) is 27.7 Å². The van der Waals surface area contributed by atoms with Gasteiger partial charge >= 0.3 is 0 Å². The number of aliphatic hydroxyl groups excluding tert-OH is 1. The minimum absolute atomic E-state index is 0.0463. The Hall–Kier alpha value is -0.0400. The molecule has 1 heteroatoms. The fourth-order valence-corrected chi connectivity index (χ4v) is 3.06. The smallest absolute Gasteiger partial charge is 0.0596 e. The molecule has 1 fully saturated rings. The van der Waals surface area contributed by atoms with E-state index >= 15 is 0 Å². The third kappa shape index (κ3) is 3.21. The lowest BCUT2D eigenvalue weighted by atomic mass is 9.71. The van der Waals surface area contributed by atoms with Crippen molar-refractivity contribution in [2.45, 2.75) is 65.9 Å². The van der Waals surface area contributed by atoms with Crippen LogP contribution in [0.2, 0.25) is 0 Å². The maximum atomic E-state index is 10.3. The zero-order chi connectivity index (χ0) is 11.4. The van der Waals surface area contributed by atoms with Gasteiger partial charge in [-0.1, -0.05) is 47.0 Å². The highest BCUT2D eigenvalue weighted by molar-refractivity contribution is 4.82. The molecule has 1 rings (SSSR count). The molecule has 0 heterocycles. The van der Waals surface area contributed by atoms with E-state index in [4.69, 9.17) is 0 Å². The van der Waals surface area contributed by atoms with E-state index in [-0.39, 0.29) is 6.10 Å². The summed E-state index contributed by atoms with van der Waals surface area (Å²) in [6.07, 6.45) is 5.98. The molecule has 0 radical (unpaired) electrons. The Morgan fingerprint density at radius 1 is 1.07 bits per heavy atom. The lowest BCUT2D eigenvalue weighted by Crippen LogP contribution is -2.34. The molecule has 0 bridgehead atoms. The minimum Gasteiger partial charge on any atom is -0.393 e. The van der Waals surface area contributed by atoms with Gasteiger partial charge in [0.2, 0.25) is 0 Å². The first-order valence-corrected chi connectivity index (χ1v) is 6.78. The zero-order valence-electron chi connectivity index (χ0n) is 10.9. The molecule has 4 unspecified atom stereocenters. The Kier molecular flexibility index (Phi) is 5.11. The molecule has 15 heavy (non-hydrogen) atoms. The molecule has 4 atom stereocenters. The molecule has 1 N–H and O–H groups in total. The molecule has 1 aliphatic carbocycles. The second kappa shape index (κ2) is 5.89. The van der Waals surface area contributed by atoms with Crippen molar-refractivity contribution in [2.75, 3.05) is 0 Å². The van der Waals surface area contributed by atoms with Crippen molar-refractivity contribution >= 4 is 0 Å². The lowest BCUT2D eigenvalue weighted by molar-refractivity contribution is 0.0115. The minimum atomic E-state index is -0.0463. The summed E-state index contributed by atoms with van der Waals surface area (Å²) >= 11 is 0. The van der Waals surface area contributed by atoms with Gasteiger partial charge in [0.15, 0.2) is 0 Å². The molecule has 0 aromatic carbocycles. The van der Waals surface area contributed by atoms with E-state index in [0.717, 1.165) is 24.7 Å². The Bertz CT molecular complexity index is 174. The van der Waals surface area contributed by atoms with Crippen molar-refractivity contribution in [3.63, 3.8) is 0 Å². The Morgan fingerprint density at radius 3 is 2.13 bits per heavy atom. The average molecular weight is 212 g/mol. The van der Waals surface area contributed by atoms with Gasteiger partial charge in [-0.05, 0) is 36.5 Å². The first-order chi connectivity index (χ1) is 7.10. The first kappa shape index (κ1) is 13.0. The molecule has 90 valence electrons. The van der Waals surface area contributed by atoms with Crippen LogP contribution in [0.1, 0.15) is 59.8 Å². The maximum Gasteiger partial charge on any atom is 0.0596 e. The molecule has 0 amide bonds. The van der Waals surface area contributed by atoms with Crippen LogP contribution in [0.5, 0.6) is 0 Å². The van der Waals surface area contributed by atoms with Crippen LogP contribution in [0.15, 0.2) is 0 Å². The standard InChI is InChI=1S/C14H28O/c1-5-12(6-2)14(15)13-8-7-10(3)11(4)9-13/h10-15H,5-9H2,1-4H3. The molecule has 0 aromatic rings. The quantitative estimate of drug-likeness (QED) is 0.750. The van der Waals surface area contributed by atoms with Crippen molar-refractivity contribution < 1.29 is 5.11 Å². The lowest BCUT2D eigenvalue weighted by Gasteiger charge is -2.37. The van der Waals surface area contributed by atoms with Gasteiger partial charge in [0.05, 0.1) is 6.10 Å². The summed E-state index contributed by atoms with van der Waals surface area (Å²) in [7, 11) is 0. The van der Waals surface area contributed by atoms with Gasteiger partial charge < -0.3 is 5.11 Å². The highest BCUT2D eigenvalue weighted by Gasteiger charge is 2.31. The fourth-order valence-electron chi connectivity index (χ4n) is 3.06. The normalized spacial score (nSPS) is 34.4. The van der Waals surface area contributed by atoms with Gasteiger partial charge in [-0.15, -0.1) is 0 Å². The molecular weight excluding hydrogens is 184 g/mol. The van der Waals surface area contributed by atoms with Crippen molar-refractivity contribution in [3.8, 4) is 0 Å². The predicted molar refractivity (Wildman–Crippen MR) is 65.7 cm³/mol. The van der Waals surface area contributed by atoms with Crippen molar-refractivity contribution in [3.05, 3.63) is 0 Å². The number of rotatable bonds is 4. The van der Waals surface area contributed by atoms with Gasteiger partial charge in [0.25, 0.3) is 0 Å². The van der Waals surface area contributed by atoms with Crippen LogP contribution in [0.3, 0.4) is 0 Å². The van der Waals surface area contributed by atoms with Crippen LogP contribution in [0, 0.1) is 23.7 Å². The van der Waals surface area contributed by atoms with Gasteiger partial charge in [-0.2, -0.15) is 0 Å². The largest absolute Gasteiger partial charge is 0.393 e. The summed E-state index contributed by atoms with van der Waals surface area (Å²) in [6, 6.07) is 0. The summed E-state index contributed by atoms with van der Waals surface area (Å²) in [5.74, 6) is 2.75. The van der Waals surface area contributed by atoms with E-state index in [9.17, 15) is 5.11 Å². The third-order valence-corrected chi connectivity index (χ3v) is 4.65. The van der Waals surface area contributed by atoms with E-state index < -0.39 is 0 Å². The van der Waals surface area contributed by atoms with Crippen LogP contribution >= 0.6 is 0 Å². The zero-order valence-corrected chi connectivity index (χ0v) is 10.9. The Balaban J connectivity index is 2.49. The second-order valence-corrected chi connectivity index (χ2v) is 5.59. The van der Waals surface area contributed by atoms with Crippen molar-refractivity contribution in [1.29, 1.82) is 0 Å². The maximum absolute atomic E-state index is 10.3. The number of aliphatic hydroxyl groups is 1. The van der Waals surface area contributed by atoms with E-state index in [1.54, 1.807) is 0 Å². The van der Waals surface area contributed by atoms with Crippen LogP contribution < -0.4 is 0 Å². The van der Waals surface area contributed by atoms with E-state index in [1.165, 1.54) is 19.3 Å². The highest BCUT2D eigenvalue weighted by Crippen LogP contribution is 2.37. The summed E-state index contributed by atoms with van der Waals surface area (Å²) in [6.45, 7) is 9.10. The molecule has 1 nitrogen and oxygen atoms in total. The van der Waals surface area contributed by atoms with Crippen LogP contribution in [0.25, 0.3) is 0 Å². The molecular formula is C14H28O. The van der Waals surface area contributed by atoms with Crippen molar-refractivity contribution in [1.82, 2.24) is 0 Å². The van der Waals surface area contributed by atoms with E-state index in [1.807, 2.05) is 0 Å². The summed E-state index contributed by atoms with van der Waals surface area (Å²) in [5, 5.41) is 10.3. The summed E-state index contributed by atoms with van der Waals surface area (Å²) < 4.78 is 0. The van der Waals surface area contributed by atoms with Gasteiger partial charge in [0.1, 0.15) is 0 Å². The van der Waals surface area contributed by atoms with Crippen LogP contribution in [-0.2, 0) is 0 Å². The van der Waals surface area contributed by atoms with E-state index in [0.29, 0.717) is 11.8 Å². The average Bonchev–Trinajstić information content (AvgIpc) is 2.23. The number of hydrogen-bond acceptors (Lipinski definition) is 1. The summed E-state index contributed by atoms with van der Waals surface area (Å²) in [5.41, 5.74) is 0. The monoisotopic (exact) mass is 212 g/mol. The molecule has 0 aliphatic heterocycles. The van der Waals surface area contributed by atoms with Crippen molar-refractivity contribution in [2.24, 2.45) is 23.7 Å². The van der Waals surface area contributed by atoms with Crippen LogP contribution in [-0.4, -0.2) is 11.2 Å². The van der Waals surface area contributed by atoms with Gasteiger partial charge in [-0.25, -0.2) is 0 Å². The highest BCUT2D eigenvalue weighted by atomic mass is 16.3. The molecule has 1 aliphatic rings. The fraction of sp³-hybridized carbons (Fsp3) is 1.00. The molecule has 0 aromatic heterocycles. The Labute approximate surface area is 95.3 Å². The second-order valence-electron chi connectivity index (χ2n) is 5.59. The van der Waals surface area contributed by atoms with Gasteiger partial charge in [0, 0.05) is 0 Å². The first-order valence-electron chi connectivity index (χ1n) is 6.78. The Morgan fingerprint density at radius 2 is 1.67 bits per heavy atom. The number of hydrogen-bond donors (Lipinski definition) is 1. The third-order valence-electron chi connectivity index (χ3n) is 4.65. The summed E-state index contributed by atoms with van der Waals surface area (Å²) in [4.78, 5) is 0. The predicted octanol–water partition coefficient (Wildman–Crippen LogP) is 3.86. The van der Waals surface area contributed by atoms with Crippen LogP contribution in [0.4, 0.5) is 0 Å². The SMILES string of the molecule is CCC(CC)C(O)C1CCC(C)C(C)C1. The molecule has 1 saturated carbocycles. The topological polar surface area (TPSA) is 20.2 Å². The molecule has 0 spiro atoms. The molecule has 0 saturated heterocycles.